The summed E-state index contributed by atoms with van der Waals surface area (Å²) < 4.78 is 5.22. The van der Waals surface area contributed by atoms with Crippen LogP contribution in [0, 0.1) is 0 Å². The van der Waals surface area contributed by atoms with Gasteiger partial charge in [-0.25, -0.2) is 0 Å². The number of aliphatic hydroxyl groups excluding tert-OH is 1. The van der Waals surface area contributed by atoms with E-state index in [0.717, 1.165) is 5.75 Å². The second-order valence-corrected chi connectivity index (χ2v) is 4.33. The van der Waals surface area contributed by atoms with Gasteiger partial charge >= 0.3 is 0 Å². The van der Waals surface area contributed by atoms with Crippen LogP contribution in [0.2, 0.25) is 0 Å². The third-order valence-corrected chi connectivity index (χ3v) is 1.90. The molecule has 22 heavy (non-hydrogen) atoms. The molecule has 0 bridgehead atoms. The maximum atomic E-state index is 8.89. The Balaban J connectivity index is 0. The second kappa shape index (κ2) is 19.2. The molecule has 2 rings (SSSR count). The normalized spacial score (nSPS) is 9.55. The molecular weight excluding hydrogens is 272 g/mol. The Hall–Kier alpha value is -1.80. The number of hydrogen-bond acceptors (Lipinski definition) is 2. The van der Waals surface area contributed by atoms with Gasteiger partial charge in [-0.1, -0.05) is 88.7 Å². The molecule has 1 N–H and O–H groups in total. The molecule has 1 unspecified atom stereocenters. The van der Waals surface area contributed by atoms with Gasteiger partial charge in [0.05, 0.1) is 6.10 Å². The molecule has 2 aromatic carbocycles. The lowest BCUT2D eigenvalue weighted by molar-refractivity contribution is 0.123. The van der Waals surface area contributed by atoms with E-state index in [1.165, 1.54) is 6.42 Å². The number of aliphatic hydroxyl groups is 1. The van der Waals surface area contributed by atoms with Crippen LogP contribution in [0.4, 0.5) is 0 Å². The SMILES string of the molecule is CC.CC(O)COc1ccccc1.CCC.c1ccccc1. The minimum absolute atomic E-state index is 0.351. The third kappa shape index (κ3) is 18.2. The van der Waals surface area contributed by atoms with Gasteiger partial charge in [-0.3, -0.25) is 0 Å². The number of rotatable bonds is 3. The van der Waals surface area contributed by atoms with Crippen molar-refractivity contribution in [3.63, 3.8) is 0 Å². The van der Waals surface area contributed by atoms with Crippen molar-refractivity contribution in [1.29, 1.82) is 0 Å². The molecule has 2 heteroatoms. The molecule has 0 radical (unpaired) electrons. The molecule has 0 saturated carbocycles. The fraction of sp³-hybridized carbons (Fsp3) is 0.400. The zero-order valence-corrected chi connectivity index (χ0v) is 14.7. The van der Waals surface area contributed by atoms with E-state index in [-0.39, 0.29) is 0 Å². The molecule has 1 atom stereocenters. The Morgan fingerprint density at radius 2 is 1.14 bits per heavy atom. The highest BCUT2D eigenvalue weighted by Gasteiger charge is 1.95. The fourth-order valence-corrected chi connectivity index (χ4v) is 1.12. The third-order valence-electron chi connectivity index (χ3n) is 1.90. The van der Waals surface area contributed by atoms with E-state index in [2.05, 4.69) is 13.8 Å². The van der Waals surface area contributed by atoms with Crippen LogP contribution in [-0.4, -0.2) is 17.8 Å². The molecule has 0 amide bonds. The summed E-state index contributed by atoms with van der Waals surface area (Å²) in [6.45, 7) is 10.3. The number of ether oxygens (including phenoxy) is 1. The van der Waals surface area contributed by atoms with Gasteiger partial charge in [0, 0.05) is 0 Å². The summed E-state index contributed by atoms with van der Waals surface area (Å²) in [7, 11) is 0. The van der Waals surface area contributed by atoms with Gasteiger partial charge in [-0.15, -0.1) is 0 Å². The zero-order chi connectivity index (χ0) is 17.1. The lowest BCUT2D eigenvalue weighted by Gasteiger charge is -2.06. The summed E-state index contributed by atoms with van der Waals surface area (Å²) in [4.78, 5) is 0. The van der Waals surface area contributed by atoms with Crippen LogP contribution in [0.3, 0.4) is 0 Å². The highest BCUT2D eigenvalue weighted by Crippen LogP contribution is 2.07. The molecule has 0 aromatic heterocycles. The summed E-state index contributed by atoms with van der Waals surface area (Å²) in [5.74, 6) is 0.799. The minimum Gasteiger partial charge on any atom is -0.491 e. The maximum Gasteiger partial charge on any atom is 0.119 e. The van der Waals surface area contributed by atoms with Crippen molar-refractivity contribution >= 4 is 0 Å². The van der Waals surface area contributed by atoms with E-state index >= 15 is 0 Å². The minimum atomic E-state index is -0.407. The smallest absolute Gasteiger partial charge is 0.119 e. The topological polar surface area (TPSA) is 29.5 Å². The van der Waals surface area contributed by atoms with Crippen molar-refractivity contribution in [2.75, 3.05) is 6.61 Å². The first-order valence-electron chi connectivity index (χ1n) is 8.06. The van der Waals surface area contributed by atoms with Gasteiger partial charge in [0.1, 0.15) is 12.4 Å². The van der Waals surface area contributed by atoms with Crippen LogP contribution in [0.5, 0.6) is 5.75 Å². The van der Waals surface area contributed by atoms with E-state index in [0.29, 0.717) is 6.61 Å². The summed E-state index contributed by atoms with van der Waals surface area (Å²) in [6, 6.07) is 21.5. The van der Waals surface area contributed by atoms with Crippen molar-refractivity contribution < 1.29 is 9.84 Å². The van der Waals surface area contributed by atoms with Crippen LogP contribution in [0.1, 0.15) is 41.0 Å². The molecule has 0 saturated heterocycles. The largest absolute Gasteiger partial charge is 0.491 e. The van der Waals surface area contributed by atoms with Crippen LogP contribution in [0.25, 0.3) is 0 Å². The van der Waals surface area contributed by atoms with Gasteiger partial charge in [0.15, 0.2) is 0 Å². The molecule has 0 aliphatic carbocycles. The van der Waals surface area contributed by atoms with Gasteiger partial charge in [0.25, 0.3) is 0 Å². The van der Waals surface area contributed by atoms with Gasteiger partial charge in [-0.05, 0) is 19.1 Å². The van der Waals surface area contributed by atoms with Crippen molar-refractivity contribution in [2.45, 2.75) is 47.1 Å². The number of para-hydroxylation sites is 1. The summed E-state index contributed by atoms with van der Waals surface area (Å²) >= 11 is 0. The second-order valence-electron chi connectivity index (χ2n) is 4.33. The van der Waals surface area contributed by atoms with Crippen molar-refractivity contribution in [1.82, 2.24) is 0 Å². The zero-order valence-electron chi connectivity index (χ0n) is 14.7. The van der Waals surface area contributed by atoms with E-state index in [1.54, 1.807) is 6.92 Å². The molecule has 2 aromatic rings. The van der Waals surface area contributed by atoms with Crippen molar-refractivity contribution in [2.24, 2.45) is 0 Å². The number of benzene rings is 2. The molecule has 0 aliphatic rings. The fourth-order valence-electron chi connectivity index (χ4n) is 1.12. The molecule has 124 valence electrons. The first-order chi connectivity index (χ1) is 10.7. The number of hydrogen-bond donors (Lipinski definition) is 1. The van der Waals surface area contributed by atoms with E-state index in [9.17, 15) is 0 Å². The lowest BCUT2D eigenvalue weighted by atomic mass is 10.3. The highest BCUT2D eigenvalue weighted by atomic mass is 16.5. The van der Waals surface area contributed by atoms with E-state index in [1.807, 2.05) is 80.6 Å². The quantitative estimate of drug-likeness (QED) is 0.802. The first kappa shape index (κ1) is 22.5. The Morgan fingerprint density at radius 1 is 0.818 bits per heavy atom. The monoisotopic (exact) mass is 304 g/mol. The standard InChI is InChI=1S/C9H12O2.C6H6.C3H8.C2H6/c1-8(10)7-11-9-5-3-2-4-6-9;1-2-4-6-5-3-1;1-3-2;1-2/h2-6,8,10H,7H2,1H3;1-6H;3H2,1-2H3;1-2H3. The molecular formula is C20H32O2. The van der Waals surface area contributed by atoms with Crippen molar-refractivity contribution in [3.8, 4) is 5.75 Å². The predicted molar refractivity (Wildman–Crippen MR) is 97.4 cm³/mol. The Kier molecular flexibility index (Phi) is 19.6. The van der Waals surface area contributed by atoms with Gasteiger partial charge < -0.3 is 9.84 Å². The first-order valence-corrected chi connectivity index (χ1v) is 8.06. The predicted octanol–water partition coefficient (Wildman–Crippen LogP) is 5.58. The average molecular weight is 304 g/mol. The summed E-state index contributed by atoms with van der Waals surface area (Å²) in [5.41, 5.74) is 0. The Morgan fingerprint density at radius 3 is 1.45 bits per heavy atom. The van der Waals surface area contributed by atoms with Crippen LogP contribution >= 0.6 is 0 Å². The Bertz CT molecular complexity index is 358. The molecule has 0 fully saturated rings. The Labute approximate surface area is 136 Å². The van der Waals surface area contributed by atoms with Crippen LogP contribution in [-0.2, 0) is 0 Å². The lowest BCUT2D eigenvalue weighted by Crippen LogP contribution is -2.12. The average Bonchev–Trinajstić information content (AvgIpc) is 2.59. The molecule has 0 spiro atoms. The van der Waals surface area contributed by atoms with Crippen molar-refractivity contribution in [3.05, 3.63) is 66.7 Å². The van der Waals surface area contributed by atoms with E-state index < -0.39 is 6.10 Å². The summed E-state index contributed by atoms with van der Waals surface area (Å²) in [5, 5.41) is 8.89. The van der Waals surface area contributed by atoms with Gasteiger partial charge in [-0.2, -0.15) is 0 Å². The maximum absolute atomic E-state index is 8.89. The van der Waals surface area contributed by atoms with Gasteiger partial charge in [0.2, 0.25) is 0 Å². The van der Waals surface area contributed by atoms with Crippen LogP contribution in [0.15, 0.2) is 66.7 Å². The molecule has 2 nitrogen and oxygen atoms in total. The summed E-state index contributed by atoms with van der Waals surface area (Å²) in [6.07, 6.45) is 0.843. The van der Waals surface area contributed by atoms with E-state index in [4.69, 9.17) is 9.84 Å². The highest BCUT2D eigenvalue weighted by molar-refractivity contribution is 5.20. The van der Waals surface area contributed by atoms with Crippen LogP contribution < -0.4 is 4.74 Å². The molecule has 0 heterocycles. The molecule has 0 aliphatic heterocycles.